The predicted octanol–water partition coefficient (Wildman–Crippen LogP) is 2.67. The lowest BCUT2D eigenvalue weighted by Crippen LogP contribution is -2.19. The van der Waals surface area contributed by atoms with E-state index in [1.54, 1.807) is 49.4 Å². The van der Waals surface area contributed by atoms with Gasteiger partial charge in [-0.05, 0) is 49.4 Å². The fraction of sp³-hybridized carbons (Fsp3) is 0.158. The van der Waals surface area contributed by atoms with Crippen molar-refractivity contribution < 1.29 is 18.8 Å². The molecule has 1 heterocycles. The number of aryl methyl sites for hydroxylation is 1. The molecule has 8 heteroatoms. The molecule has 8 nitrogen and oxygen atoms in total. The van der Waals surface area contributed by atoms with Gasteiger partial charge in [0.1, 0.15) is 5.75 Å². The lowest BCUT2D eigenvalue weighted by atomic mass is 10.1. The van der Waals surface area contributed by atoms with Crippen LogP contribution in [0.4, 0.5) is 5.69 Å². The minimum absolute atomic E-state index is 0.257. The number of rotatable bonds is 5. The van der Waals surface area contributed by atoms with Crippen molar-refractivity contribution >= 4 is 17.5 Å². The number of methoxy groups -OCH3 is 1. The first-order valence-corrected chi connectivity index (χ1v) is 8.14. The van der Waals surface area contributed by atoms with Crippen molar-refractivity contribution in [3.05, 3.63) is 59.4 Å². The smallest absolute Gasteiger partial charge is 0.257 e. The number of carbonyl (C=O) groups is 2. The first-order chi connectivity index (χ1) is 13.0. The molecule has 0 saturated heterocycles. The van der Waals surface area contributed by atoms with Crippen LogP contribution >= 0.6 is 0 Å². The molecule has 0 bridgehead atoms. The summed E-state index contributed by atoms with van der Waals surface area (Å²) in [6.07, 6.45) is 0. The van der Waals surface area contributed by atoms with E-state index in [0.29, 0.717) is 39.8 Å². The van der Waals surface area contributed by atoms with Gasteiger partial charge in [-0.1, -0.05) is 5.16 Å². The standard InChI is InChI=1S/C19H18N4O4/c1-11-21-19(27-23-11)13-6-4-12(5-7-13)18(25)22-15-10-14(17(24)20-2)8-9-16(15)26-3/h4-10H,1-3H3,(H,20,24)(H,22,25). The maximum Gasteiger partial charge on any atom is 0.257 e. The summed E-state index contributed by atoms with van der Waals surface area (Å²) in [7, 11) is 3.03. The van der Waals surface area contributed by atoms with Crippen molar-refractivity contribution in [1.29, 1.82) is 0 Å². The Balaban J connectivity index is 1.81. The van der Waals surface area contributed by atoms with Gasteiger partial charge in [-0.2, -0.15) is 4.98 Å². The molecule has 0 fully saturated rings. The molecule has 3 rings (SSSR count). The minimum Gasteiger partial charge on any atom is -0.495 e. The molecule has 0 unspecified atom stereocenters. The molecular weight excluding hydrogens is 348 g/mol. The predicted molar refractivity (Wildman–Crippen MR) is 98.8 cm³/mol. The topological polar surface area (TPSA) is 106 Å². The van der Waals surface area contributed by atoms with E-state index < -0.39 is 0 Å². The summed E-state index contributed by atoms with van der Waals surface area (Å²) >= 11 is 0. The Morgan fingerprint density at radius 3 is 2.33 bits per heavy atom. The van der Waals surface area contributed by atoms with Crippen LogP contribution in [0.2, 0.25) is 0 Å². The molecular formula is C19H18N4O4. The molecule has 0 aliphatic rings. The highest BCUT2D eigenvalue weighted by Gasteiger charge is 2.14. The number of nitrogens with zero attached hydrogens (tertiary/aromatic N) is 2. The highest BCUT2D eigenvalue weighted by Crippen LogP contribution is 2.26. The Labute approximate surface area is 155 Å². The van der Waals surface area contributed by atoms with E-state index in [4.69, 9.17) is 9.26 Å². The van der Waals surface area contributed by atoms with Crippen LogP contribution in [0, 0.1) is 6.92 Å². The average molecular weight is 366 g/mol. The van der Waals surface area contributed by atoms with Gasteiger partial charge in [0.05, 0.1) is 12.8 Å². The van der Waals surface area contributed by atoms with Gasteiger partial charge in [-0.3, -0.25) is 9.59 Å². The van der Waals surface area contributed by atoms with Gasteiger partial charge in [-0.15, -0.1) is 0 Å². The zero-order chi connectivity index (χ0) is 19.4. The Morgan fingerprint density at radius 2 is 1.74 bits per heavy atom. The summed E-state index contributed by atoms with van der Waals surface area (Å²) in [5, 5.41) is 9.05. The van der Waals surface area contributed by atoms with Crippen molar-refractivity contribution in [2.24, 2.45) is 0 Å². The Bertz CT molecular complexity index is 980. The van der Waals surface area contributed by atoms with Gasteiger partial charge < -0.3 is 19.9 Å². The quantitative estimate of drug-likeness (QED) is 0.719. The molecule has 0 aliphatic carbocycles. The maximum absolute atomic E-state index is 12.6. The van der Waals surface area contributed by atoms with Crippen LogP contribution in [0.5, 0.6) is 5.75 Å². The van der Waals surface area contributed by atoms with Crippen molar-refractivity contribution in [3.8, 4) is 17.2 Å². The van der Waals surface area contributed by atoms with Crippen LogP contribution in [0.1, 0.15) is 26.5 Å². The number of amides is 2. The normalized spacial score (nSPS) is 10.3. The zero-order valence-electron chi connectivity index (χ0n) is 15.1. The summed E-state index contributed by atoms with van der Waals surface area (Å²) in [6, 6.07) is 11.6. The molecule has 0 atom stereocenters. The monoisotopic (exact) mass is 366 g/mol. The van der Waals surface area contributed by atoms with Crippen LogP contribution in [0.25, 0.3) is 11.5 Å². The second-order valence-corrected chi connectivity index (χ2v) is 5.67. The number of hydrogen-bond acceptors (Lipinski definition) is 6. The lowest BCUT2D eigenvalue weighted by molar-refractivity contribution is 0.0961. The third kappa shape index (κ3) is 3.95. The van der Waals surface area contributed by atoms with Crippen LogP contribution in [0.3, 0.4) is 0 Å². The summed E-state index contributed by atoms with van der Waals surface area (Å²) in [5.74, 6) is 0.784. The first-order valence-electron chi connectivity index (χ1n) is 8.14. The van der Waals surface area contributed by atoms with Gasteiger partial charge in [0.2, 0.25) is 0 Å². The third-order valence-electron chi connectivity index (χ3n) is 3.86. The SMILES string of the molecule is CNC(=O)c1ccc(OC)c(NC(=O)c2ccc(-c3nc(C)no3)cc2)c1. The molecule has 1 aromatic heterocycles. The molecule has 0 aliphatic heterocycles. The van der Waals surface area contributed by atoms with Crippen LogP contribution in [-0.2, 0) is 0 Å². The third-order valence-corrected chi connectivity index (χ3v) is 3.86. The minimum atomic E-state index is -0.337. The molecule has 2 amide bonds. The van der Waals surface area contributed by atoms with E-state index in [1.165, 1.54) is 14.2 Å². The number of nitrogens with one attached hydrogen (secondary N) is 2. The van der Waals surface area contributed by atoms with Crippen LogP contribution < -0.4 is 15.4 Å². The van der Waals surface area contributed by atoms with E-state index in [-0.39, 0.29) is 11.8 Å². The van der Waals surface area contributed by atoms with E-state index in [0.717, 1.165) is 0 Å². The molecule has 3 aromatic rings. The van der Waals surface area contributed by atoms with Crippen molar-refractivity contribution in [1.82, 2.24) is 15.5 Å². The van der Waals surface area contributed by atoms with Gasteiger partial charge in [-0.25, -0.2) is 0 Å². The van der Waals surface area contributed by atoms with Gasteiger partial charge >= 0.3 is 0 Å². The molecule has 0 saturated carbocycles. The molecule has 0 spiro atoms. The largest absolute Gasteiger partial charge is 0.495 e. The molecule has 2 N–H and O–H groups in total. The molecule has 2 aromatic carbocycles. The Kier molecular flexibility index (Phi) is 5.16. The van der Waals surface area contributed by atoms with Gasteiger partial charge in [0.15, 0.2) is 5.82 Å². The maximum atomic E-state index is 12.6. The van der Waals surface area contributed by atoms with Crippen molar-refractivity contribution in [2.75, 3.05) is 19.5 Å². The Morgan fingerprint density at radius 1 is 1.04 bits per heavy atom. The molecule has 138 valence electrons. The second kappa shape index (κ2) is 7.69. The number of benzene rings is 2. The first kappa shape index (κ1) is 18.1. The van der Waals surface area contributed by atoms with Crippen LogP contribution in [0.15, 0.2) is 47.0 Å². The van der Waals surface area contributed by atoms with Crippen molar-refractivity contribution in [2.45, 2.75) is 6.92 Å². The van der Waals surface area contributed by atoms with Crippen LogP contribution in [-0.4, -0.2) is 36.1 Å². The fourth-order valence-electron chi connectivity index (χ4n) is 2.46. The number of aromatic nitrogens is 2. The van der Waals surface area contributed by atoms with E-state index in [2.05, 4.69) is 20.8 Å². The van der Waals surface area contributed by atoms with E-state index >= 15 is 0 Å². The summed E-state index contributed by atoms with van der Waals surface area (Å²) in [6.45, 7) is 1.73. The number of hydrogen-bond donors (Lipinski definition) is 2. The van der Waals surface area contributed by atoms with Gasteiger partial charge in [0, 0.05) is 23.7 Å². The van der Waals surface area contributed by atoms with Crippen molar-refractivity contribution in [3.63, 3.8) is 0 Å². The highest BCUT2D eigenvalue weighted by atomic mass is 16.5. The second-order valence-electron chi connectivity index (χ2n) is 5.67. The number of ether oxygens (including phenoxy) is 1. The van der Waals surface area contributed by atoms with Gasteiger partial charge in [0.25, 0.3) is 17.7 Å². The van der Waals surface area contributed by atoms with E-state index in [9.17, 15) is 9.59 Å². The summed E-state index contributed by atoms with van der Waals surface area (Å²) in [4.78, 5) is 28.5. The summed E-state index contributed by atoms with van der Waals surface area (Å²) in [5.41, 5.74) is 1.96. The fourth-order valence-corrected chi connectivity index (χ4v) is 2.46. The Hall–Kier alpha value is -3.68. The average Bonchev–Trinajstić information content (AvgIpc) is 3.13. The molecule has 0 radical (unpaired) electrons. The number of carbonyl (C=O) groups excluding carboxylic acids is 2. The zero-order valence-corrected chi connectivity index (χ0v) is 15.1. The highest BCUT2D eigenvalue weighted by molar-refractivity contribution is 6.06. The lowest BCUT2D eigenvalue weighted by Gasteiger charge is -2.12. The summed E-state index contributed by atoms with van der Waals surface area (Å²) < 4.78 is 10.4. The number of anilines is 1. The van der Waals surface area contributed by atoms with E-state index in [1.807, 2.05) is 0 Å². The molecule has 27 heavy (non-hydrogen) atoms.